The number of aryl methyl sites for hydroxylation is 2. The van der Waals surface area contributed by atoms with Crippen molar-refractivity contribution in [3.63, 3.8) is 0 Å². The molecule has 0 bridgehead atoms. The fourth-order valence-electron chi connectivity index (χ4n) is 4.33. The first-order chi connectivity index (χ1) is 15.6. The molecule has 0 saturated carbocycles. The van der Waals surface area contributed by atoms with Gasteiger partial charge in [-0.25, -0.2) is 0 Å². The Hall–Kier alpha value is -3.51. The van der Waals surface area contributed by atoms with Crippen molar-refractivity contribution in [2.24, 2.45) is 0 Å². The van der Waals surface area contributed by atoms with E-state index in [1.807, 2.05) is 42.9 Å². The summed E-state index contributed by atoms with van der Waals surface area (Å²) in [6.07, 6.45) is 7.61. The summed E-state index contributed by atoms with van der Waals surface area (Å²) >= 11 is 5.83. The summed E-state index contributed by atoms with van der Waals surface area (Å²) in [5.41, 5.74) is 7.03. The molecular formula is C26H25N5S. The number of nitrogens with one attached hydrogen (secondary N) is 1. The predicted octanol–water partition coefficient (Wildman–Crippen LogP) is 5.06. The van der Waals surface area contributed by atoms with Gasteiger partial charge in [-0.2, -0.15) is 0 Å². The normalized spacial score (nSPS) is 18.1. The minimum atomic E-state index is -0.0502. The number of rotatable bonds is 5. The highest BCUT2D eigenvalue weighted by molar-refractivity contribution is 7.80. The highest BCUT2D eigenvalue weighted by atomic mass is 32.1. The lowest BCUT2D eigenvalue weighted by atomic mass is 10.0. The number of aromatic nitrogens is 3. The van der Waals surface area contributed by atoms with Crippen molar-refractivity contribution in [3.8, 4) is 5.69 Å². The highest BCUT2D eigenvalue weighted by Crippen LogP contribution is 2.40. The summed E-state index contributed by atoms with van der Waals surface area (Å²) < 4.78 is 2.27. The van der Waals surface area contributed by atoms with E-state index in [0.717, 1.165) is 16.5 Å². The second kappa shape index (κ2) is 8.55. The third kappa shape index (κ3) is 3.78. The van der Waals surface area contributed by atoms with Crippen LogP contribution in [0.5, 0.6) is 0 Å². The molecule has 4 heterocycles. The van der Waals surface area contributed by atoms with E-state index in [1.54, 1.807) is 0 Å². The molecule has 1 aliphatic heterocycles. The number of pyridine rings is 2. The molecule has 160 valence electrons. The van der Waals surface area contributed by atoms with Gasteiger partial charge in [0.1, 0.15) is 0 Å². The van der Waals surface area contributed by atoms with Crippen LogP contribution in [0.3, 0.4) is 0 Å². The van der Waals surface area contributed by atoms with Crippen molar-refractivity contribution < 1.29 is 0 Å². The van der Waals surface area contributed by atoms with Crippen LogP contribution in [0.15, 0.2) is 85.5 Å². The molecule has 2 atom stereocenters. The van der Waals surface area contributed by atoms with Gasteiger partial charge in [-0.05, 0) is 91.3 Å². The van der Waals surface area contributed by atoms with E-state index in [-0.39, 0.29) is 12.1 Å². The zero-order valence-electron chi connectivity index (χ0n) is 18.1. The maximum absolute atomic E-state index is 5.83. The molecule has 1 N–H and O–H groups in total. The summed E-state index contributed by atoms with van der Waals surface area (Å²) in [7, 11) is 0. The molecule has 4 aromatic rings. The summed E-state index contributed by atoms with van der Waals surface area (Å²) in [6.45, 7) is 4.99. The molecule has 1 saturated heterocycles. The Morgan fingerprint density at radius 3 is 2.53 bits per heavy atom. The third-order valence-electron chi connectivity index (χ3n) is 6.15. The van der Waals surface area contributed by atoms with Crippen LogP contribution in [0, 0.1) is 13.8 Å². The van der Waals surface area contributed by atoms with E-state index < -0.39 is 0 Å². The zero-order chi connectivity index (χ0) is 22.1. The van der Waals surface area contributed by atoms with Crippen LogP contribution in [-0.2, 0) is 6.54 Å². The molecule has 5 rings (SSSR count). The number of thiocarbonyl (C=S) groups is 1. The molecule has 0 spiro atoms. The van der Waals surface area contributed by atoms with Gasteiger partial charge in [0.2, 0.25) is 0 Å². The van der Waals surface area contributed by atoms with Crippen LogP contribution < -0.4 is 5.32 Å². The third-order valence-corrected chi connectivity index (χ3v) is 6.50. The van der Waals surface area contributed by atoms with Crippen molar-refractivity contribution in [1.29, 1.82) is 0 Å². The molecule has 3 aromatic heterocycles. The van der Waals surface area contributed by atoms with E-state index in [4.69, 9.17) is 12.2 Å². The van der Waals surface area contributed by atoms with Gasteiger partial charge in [0.25, 0.3) is 0 Å². The SMILES string of the molecule is Cc1ccc(-n2cccc2C2C(c3ccccn3)NC(=S)N2Cc2ccncc2)cc1C. The number of hydrogen-bond acceptors (Lipinski definition) is 3. The average molecular weight is 440 g/mol. The fourth-order valence-corrected chi connectivity index (χ4v) is 4.63. The van der Waals surface area contributed by atoms with Crippen LogP contribution in [0.25, 0.3) is 5.69 Å². The van der Waals surface area contributed by atoms with Gasteiger partial charge in [-0.1, -0.05) is 12.1 Å². The van der Waals surface area contributed by atoms with E-state index in [0.29, 0.717) is 6.54 Å². The molecule has 6 heteroatoms. The minimum Gasteiger partial charge on any atom is -0.352 e. The van der Waals surface area contributed by atoms with Crippen molar-refractivity contribution in [2.75, 3.05) is 0 Å². The van der Waals surface area contributed by atoms with E-state index in [9.17, 15) is 0 Å². The molecule has 5 nitrogen and oxygen atoms in total. The minimum absolute atomic E-state index is 0.0119. The summed E-state index contributed by atoms with van der Waals surface area (Å²) in [4.78, 5) is 11.1. The lowest BCUT2D eigenvalue weighted by Crippen LogP contribution is -2.30. The van der Waals surface area contributed by atoms with E-state index in [2.05, 4.69) is 81.2 Å². The van der Waals surface area contributed by atoms with Gasteiger partial charge in [-0.15, -0.1) is 0 Å². The number of nitrogens with zero attached hydrogens (tertiary/aromatic N) is 4. The Balaban J connectivity index is 1.61. The quantitative estimate of drug-likeness (QED) is 0.441. The predicted molar refractivity (Wildman–Crippen MR) is 130 cm³/mol. The van der Waals surface area contributed by atoms with Crippen LogP contribution in [0.1, 0.15) is 40.2 Å². The fraction of sp³-hybridized carbons (Fsp3) is 0.192. The smallest absolute Gasteiger partial charge is 0.170 e. The monoisotopic (exact) mass is 439 g/mol. The van der Waals surface area contributed by atoms with Gasteiger partial charge in [-0.3, -0.25) is 9.97 Å². The molecule has 1 fully saturated rings. The first-order valence-electron chi connectivity index (χ1n) is 10.7. The van der Waals surface area contributed by atoms with Gasteiger partial charge in [0.05, 0.1) is 17.8 Å². The molecule has 0 amide bonds. The first kappa shape index (κ1) is 20.4. The topological polar surface area (TPSA) is 46.0 Å². The van der Waals surface area contributed by atoms with Crippen LogP contribution in [0.4, 0.5) is 0 Å². The maximum Gasteiger partial charge on any atom is 0.170 e. The lowest BCUT2D eigenvalue weighted by molar-refractivity contribution is 0.302. The van der Waals surface area contributed by atoms with Crippen molar-refractivity contribution in [2.45, 2.75) is 32.5 Å². The Labute approximate surface area is 193 Å². The maximum atomic E-state index is 5.83. The van der Waals surface area contributed by atoms with Crippen LogP contribution in [0.2, 0.25) is 0 Å². The summed E-state index contributed by atoms with van der Waals surface area (Å²) in [5.74, 6) is 0. The second-order valence-electron chi connectivity index (χ2n) is 8.18. The molecule has 1 aliphatic rings. The van der Waals surface area contributed by atoms with Crippen LogP contribution in [-0.4, -0.2) is 24.5 Å². The van der Waals surface area contributed by atoms with Gasteiger partial charge >= 0.3 is 0 Å². The summed E-state index contributed by atoms with van der Waals surface area (Å²) in [5, 5.41) is 4.28. The zero-order valence-corrected chi connectivity index (χ0v) is 19.0. The molecular weight excluding hydrogens is 414 g/mol. The number of benzene rings is 1. The molecule has 2 unspecified atom stereocenters. The Bertz CT molecular complexity index is 1240. The van der Waals surface area contributed by atoms with Gasteiger partial charge < -0.3 is 14.8 Å². The lowest BCUT2D eigenvalue weighted by Gasteiger charge is -2.29. The van der Waals surface area contributed by atoms with E-state index >= 15 is 0 Å². The summed E-state index contributed by atoms with van der Waals surface area (Å²) in [6, 6.07) is 20.9. The Morgan fingerprint density at radius 2 is 1.78 bits per heavy atom. The van der Waals surface area contributed by atoms with Gasteiger partial charge in [0.15, 0.2) is 5.11 Å². The first-order valence-corrected chi connectivity index (χ1v) is 11.1. The van der Waals surface area contributed by atoms with Crippen molar-refractivity contribution in [1.82, 2.24) is 24.8 Å². The Kier molecular flexibility index (Phi) is 5.45. The highest BCUT2D eigenvalue weighted by Gasteiger charge is 2.41. The standard InChI is InChI=1S/C26H25N5S/c1-18-8-9-21(16-19(18)2)30-15-5-7-23(30)25-24(22-6-3-4-12-28-22)29-26(32)31(25)17-20-10-13-27-14-11-20/h3-16,24-25H,17H2,1-2H3,(H,29,32). The van der Waals surface area contributed by atoms with E-state index in [1.165, 1.54) is 22.4 Å². The van der Waals surface area contributed by atoms with Gasteiger partial charge in [0, 0.05) is 42.7 Å². The molecule has 1 aromatic carbocycles. The second-order valence-corrected chi connectivity index (χ2v) is 8.57. The molecule has 0 radical (unpaired) electrons. The molecule has 0 aliphatic carbocycles. The van der Waals surface area contributed by atoms with Crippen molar-refractivity contribution >= 4 is 17.3 Å². The number of hydrogen-bond donors (Lipinski definition) is 1. The van der Waals surface area contributed by atoms with Crippen molar-refractivity contribution in [3.05, 3.63) is 114 Å². The molecule has 32 heavy (non-hydrogen) atoms. The Morgan fingerprint density at radius 1 is 0.938 bits per heavy atom. The largest absolute Gasteiger partial charge is 0.352 e. The average Bonchev–Trinajstić information content (AvgIpc) is 3.42. The van der Waals surface area contributed by atoms with Crippen LogP contribution >= 0.6 is 12.2 Å².